The number of benzene rings is 2. The number of esters is 1. The van der Waals surface area contributed by atoms with Crippen LogP contribution in [0.4, 0.5) is 0 Å². The highest BCUT2D eigenvalue weighted by Gasteiger charge is 2.28. The standard InChI is InChI=1S/C19H18O4S/c1-19(2)9-10-24-16-8-5-13(11-15(16)19)18(22)23-14-6-3-12(4-7-14)17(20)21/h3-8,11H,9-10H2,1-2H3,(H,20,21). The molecule has 1 heterocycles. The van der Waals surface area contributed by atoms with Gasteiger partial charge in [-0.25, -0.2) is 9.59 Å². The van der Waals surface area contributed by atoms with Crippen molar-refractivity contribution in [2.24, 2.45) is 0 Å². The summed E-state index contributed by atoms with van der Waals surface area (Å²) < 4.78 is 5.36. The molecule has 2 aromatic carbocycles. The molecule has 0 atom stereocenters. The molecule has 0 fully saturated rings. The molecule has 0 bridgehead atoms. The van der Waals surface area contributed by atoms with E-state index in [2.05, 4.69) is 13.8 Å². The SMILES string of the molecule is CC1(C)CCSc2ccc(C(=O)Oc3ccc(C(=O)O)cc3)cc21. The Morgan fingerprint density at radius 2 is 1.75 bits per heavy atom. The zero-order chi connectivity index (χ0) is 17.3. The molecule has 0 spiro atoms. The second-order valence-electron chi connectivity index (χ2n) is 6.41. The number of ether oxygens (including phenoxy) is 1. The molecule has 1 aliphatic rings. The molecule has 1 N–H and O–H groups in total. The van der Waals surface area contributed by atoms with E-state index < -0.39 is 11.9 Å². The van der Waals surface area contributed by atoms with Crippen molar-refractivity contribution in [2.75, 3.05) is 5.75 Å². The van der Waals surface area contributed by atoms with Crippen LogP contribution in [-0.2, 0) is 5.41 Å². The van der Waals surface area contributed by atoms with E-state index >= 15 is 0 Å². The second kappa shape index (κ2) is 6.32. The lowest BCUT2D eigenvalue weighted by Gasteiger charge is -2.32. The fraction of sp³-hybridized carbons (Fsp3) is 0.263. The van der Waals surface area contributed by atoms with Gasteiger partial charge >= 0.3 is 11.9 Å². The lowest BCUT2D eigenvalue weighted by atomic mass is 9.81. The van der Waals surface area contributed by atoms with Crippen LogP contribution in [0.15, 0.2) is 47.4 Å². The van der Waals surface area contributed by atoms with Gasteiger partial charge in [0.15, 0.2) is 0 Å². The van der Waals surface area contributed by atoms with Crippen LogP contribution in [0, 0.1) is 0 Å². The maximum atomic E-state index is 12.4. The van der Waals surface area contributed by atoms with Crippen LogP contribution < -0.4 is 4.74 Å². The third kappa shape index (κ3) is 3.31. The van der Waals surface area contributed by atoms with Crippen molar-refractivity contribution in [3.05, 3.63) is 59.2 Å². The van der Waals surface area contributed by atoms with Crippen LogP contribution in [0.25, 0.3) is 0 Å². The Morgan fingerprint density at radius 1 is 1.08 bits per heavy atom. The van der Waals surface area contributed by atoms with Gasteiger partial charge in [-0.05, 0) is 65.6 Å². The smallest absolute Gasteiger partial charge is 0.343 e. The molecular weight excluding hydrogens is 324 g/mol. The van der Waals surface area contributed by atoms with Crippen LogP contribution >= 0.6 is 11.8 Å². The minimum Gasteiger partial charge on any atom is -0.478 e. The summed E-state index contributed by atoms with van der Waals surface area (Å²) >= 11 is 1.81. The zero-order valence-electron chi connectivity index (χ0n) is 13.5. The van der Waals surface area contributed by atoms with Gasteiger partial charge in [0.2, 0.25) is 0 Å². The van der Waals surface area contributed by atoms with Crippen molar-refractivity contribution in [2.45, 2.75) is 30.6 Å². The van der Waals surface area contributed by atoms with Crippen molar-refractivity contribution in [3.8, 4) is 5.75 Å². The summed E-state index contributed by atoms with van der Waals surface area (Å²) in [5.74, 6) is -0.0365. The van der Waals surface area contributed by atoms with E-state index in [4.69, 9.17) is 9.84 Å². The third-order valence-corrected chi connectivity index (χ3v) is 5.32. The molecule has 4 nitrogen and oxygen atoms in total. The minimum atomic E-state index is -1.01. The third-order valence-electron chi connectivity index (χ3n) is 4.24. The van der Waals surface area contributed by atoms with Crippen LogP contribution in [0.1, 0.15) is 46.5 Å². The fourth-order valence-corrected chi connectivity index (χ4v) is 4.18. The van der Waals surface area contributed by atoms with Crippen LogP contribution in [-0.4, -0.2) is 22.8 Å². The predicted octanol–water partition coefficient (Wildman–Crippen LogP) is 4.38. The average molecular weight is 342 g/mol. The van der Waals surface area contributed by atoms with Crippen LogP contribution in [0.2, 0.25) is 0 Å². The Balaban J connectivity index is 1.82. The quantitative estimate of drug-likeness (QED) is 0.662. The van der Waals surface area contributed by atoms with Crippen molar-refractivity contribution >= 4 is 23.7 Å². The Hall–Kier alpha value is -2.27. The van der Waals surface area contributed by atoms with Gasteiger partial charge in [0.1, 0.15) is 5.75 Å². The zero-order valence-corrected chi connectivity index (χ0v) is 14.4. The van der Waals surface area contributed by atoms with E-state index in [1.807, 2.05) is 23.9 Å². The number of hydrogen-bond acceptors (Lipinski definition) is 4. The topological polar surface area (TPSA) is 63.6 Å². The lowest BCUT2D eigenvalue weighted by Crippen LogP contribution is -2.23. The van der Waals surface area contributed by atoms with Gasteiger partial charge in [0.05, 0.1) is 11.1 Å². The highest BCUT2D eigenvalue weighted by molar-refractivity contribution is 7.99. The number of carboxylic acid groups (broad SMARTS) is 1. The summed E-state index contributed by atoms with van der Waals surface area (Å²) in [6.07, 6.45) is 1.07. The Bertz CT molecular complexity index is 794. The molecule has 1 aliphatic heterocycles. The van der Waals surface area contributed by atoms with E-state index in [-0.39, 0.29) is 11.0 Å². The van der Waals surface area contributed by atoms with Crippen molar-refractivity contribution in [1.82, 2.24) is 0 Å². The highest BCUT2D eigenvalue weighted by atomic mass is 32.2. The number of fused-ring (bicyclic) bond motifs is 1. The van der Waals surface area contributed by atoms with E-state index in [0.29, 0.717) is 11.3 Å². The summed E-state index contributed by atoms with van der Waals surface area (Å²) in [6.45, 7) is 4.37. The molecule has 2 aromatic rings. The molecule has 0 amide bonds. The second-order valence-corrected chi connectivity index (χ2v) is 7.55. The highest BCUT2D eigenvalue weighted by Crippen LogP contribution is 2.41. The Labute approximate surface area is 144 Å². The number of hydrogen-bond donors (Lipinski definition) is 1. The normalized spacial score (nSPS) is 15.4. The number of thioether (sulfide) groups is 1. The molecule has 0 aromatic heterocycles. The van der Waals surface area contributed by atoms with E-state index in [1.165, 1.54) is 34.7 Å². The number of carbonyl (C=O) groups excluding carboxylic acids is 1. The van der Waals surface area contributed by atoms with E-state index in [9.17, 15) is 9.59 Å². The first kappa shape index (κ1) is 16.6. The maximum absolute atomic E-state index is 12.4. The summed E-state index contributed by atoms with van der Waals surface area (Å²) in [5, 5.41) is 8.89. The summed E-state index contributed by atoms with van der Waals surface area (Å²) in [7, 11) is 0. The molecule has 24 heavy (non-hydrogen) atoms. The lowest BCUT2D eigenvalue weighted by molar-refractivity contribution is 0.0696. The average Bonchev–Trinajstić information content (AvgIpc) is 2.55. The first-order valence-corrected chi connectivity index (χ1v) is 8.68. The number of rotatable bonds is 3. The minimum absolute atomic E-state index is 0.0417. The monoisotopic (exact) mass is 342 g/mol. The number of carboxylic acids is 1. The van der Waals surface area contributed by atoms with Gasteiger partial charge in [-0.15, -0.1) is 11.8 Å². The van der Waals surface area contributed by atoms with Gasteiger partial charge < -0.3 is 9.84 Å². The van der Waals surface area contributed by atoms with Gasteiger partial charge in [0.25, 0.3) is 0 Å². The first-order valence-electron chi connectivity index (χ1n) is 7.70. The molecule has 0 unspecified atom stereocenters. The van der Waals surface area contributed by atoms with Gasteiger partial charge in [-0.1, -0.05) is 13.8 Å². The van der Waals surface area contributed by atoms with Crippen molar-refractivity contribution < 1.29 is 19.4 Å². The maximum Gasteiger partial charge on any atom is 0.343 e. The predicted molar refractivity (Wildman–Crippen MR) is 93.2 cm³/mol. The fourth-order valence-electron chi connectivity index (χ4n) is 2.69. The molecule has 124 valence electrons. The van der Waals surface area contributed by atoms with Gasteiger partial charge in [-0.3, -0.25) is 0 Å². The summed E-state index contributed by atoms with van der Waals surface area (Å²) in [4.78, 5) is 24.4. The summed E-state index contributed by atoms with van der Waals surface area (Å²) in [5.41, 5.74) is 1.88. The largest absolute Gasteiger partial charge is 0.478 e. The van der Waals surface area contributed by atoms with E-state index in [1.54, 1.807) is 6.07 Å². The molecule has 5 heteroatoms. The van der Waals surface area contributed by atoms with Crippen LogP contribution in [0.5, 0.6) is 5.75 Å². The Kier molecular flexibility index (Phi) is 4.37. The molecule has 0 saturated carbocycles. The van der Waals surface area contributed by atoms with Crippen LogP contribution in [0.3, 0.4) is 0 Å². The molecule has 0 saturated heterocycles. The Morgan fingerprint density at radius 3 is 2.42 bits per heavy atom. The van der Waals surface area contributed by atoms with Crippen molar-refractivity contribution in [1.29, 1.82) is 0 Å². The molecule has 3 rings (SSSR count). The number of aromatic carboxylic acids is 1. The first-order chi connectivity index (χ1) is 11.4. The van der Waals surface area contributed by atoms with E-state index in [0.717, 1.165) is 12.2 Å². The number of carbonyl (C=O) groups is 2. The van der Waals surface area contributed by atoms with Gasteiger partial charge in [0, 0.05) is 4.90 Å². The summed E-state index contributed by atoms with van der Waals surface area (Å²) in [6, 6.07) is 11.5. The van der Waals surface area contributed by atoms with Crippen molar-refractivity contribution in [3.63, 3.8) is 0 Å². The van der Waals surface area contributed by atoms with Gasteiger partial charge in [-0.2, -0.15) is 0 Å². The molecule has 0 radical (unpaired) electrons. The molecule has 0 aliphatic carbocycles. The molecular formula is C19H18O4S.